The third-order valence-corrected chi connectivity index (χ3v) is 4.54. The minimum absolute atomic E-state index is 0.174. The van der Waals surface area contributed by atoms with Crippen molar-refractivity contribution in [2.24, 2.45) is 5.92 Å². The van der Waals surface area contributed by atoms with E-state index in [1.54, 1.807) is 6.07 Å². The smallest absolute Gasteiger partial charge is 0.129 e. The van der Waals surface area contributed by atoms with Crippen molar-refractivity contribution >= 4 is 0 Å². The fraction of sp³-hybridized carbons (Fsp3) is 0.625. The van der Waals surface area contributed by atoms with Gasteiger partial charge in [-0.25, -0.2) is 8.78 Å². The number of halogens is 2. The molecule has 0 aromatic heterocycles. The van der Waals surface area contributed by atoms with Gasteiger partial charge in [0.25, 0.3) is 0 Å². The van der Waals surface area contributed by atoms with E-state index in [1.807, 2.05) is 0 Å². The fourth-order valence-corrected chi connectivity index (χ4v) is 3.39. The topological polar surface area (TPSA) is 12.0 Å². The Morgan fingerprint density at radius 3 is 2.74 bits per heavy atom. The van der Waals surface area contributed by atoms with Gasteiger partial charge in [0.1, 0.15) is 11.6 Å². The predicted molar refractivity (Wildman–Crippen MR) is 74.2 cm³/mol. The van der Waals surface area contributed by atoms with Crippen molar-refractivity contribution in [2.75, 3.05) is 13.1 Å². The molecule has 0 spiro atoms. The van der Waals surface area contributed by atoms with Crippen molar-refractivity contribution in [3.8, 4) is 0 Å². The summed E-state index contributed by atoms with van der Waals surface area (Å²) in [6, 6.07) is 4.03. The van der Waals surface area contributed by atoms with Gasteiger partial charge in [0.2, 0.25) is 0 Å². The van der Waals surface area contributed by atoms with Crippen LogP contribution in [0.25, 0.3) is 0 Å². The molecule has 1 aromatic rings. The Morgan fingerprint density at radius 1 is 1.37 bits per heavy atom. The van der Waals surface area contributed by atoms with Crippen LogP contribution in [0, 0.1) is 17.6 Å². The van der Waals surface area contributed by atoms with Crippen LogP contribution < -0.4 is 5.32 Å². The quantitative estimate of drug-likeness (QED) is 0.794. The van der Waals surface area contributed by atoms with Crippen LogP contribution in [-0.4, -0.2) is 13.1 Å². The number of benzene rings is 1. The van der Waals surface area contributed by atoms with Crippen molar-refractivity contribution in [3.63, 3.8) is 0 Å². The van der Waals surface area contributed by atoms with E-state index in [0.29, 0.717) is 11.5 Å². The first-order valence-electron chi connectivity index (χ1n) is 7.26. The van der Waals surface area contributed by atoms with E-state index < -0.39 is 11.6 Å². The third-order valence-electron chi connectivity index (χ3n) is 4.54. The van der Waals surface area contributed by atoms with Crippen LogP contribution in [0.15, 0.2) is 18.2 Å². The van der Waals surface area contributed by atoms with Crippen LogP contribution in [0.2, 0.25) is 0 Å². The molecule has 1 aromatic carbocycles. The first-order valence-corrected chi connectivity index (χ1v) is 7.26. The molecular weight excluding hydrogens is 244 g/mol. The lowest BCUT2D eigenvalue weighted by Crippen LogP contribution is -2.41. The second-order valence-corrected chi connectivity index (χ2v) is 5.75. The summed E-state index contributed by atoms with van der Waals surface area (Å²) in [5.74, 6) is -0.465. The molecular formula is C16H23F2N. The van der Waals surface area contributed by atoms with Crippen LogP contribution in [0.5, 0.6) is 0 Å². The summed E-state index contributed by atoms with van der Waals surface area (Å²) in [7, 11) is 0. The summed E-state index contributed by atoms with van der Waals surface area (Å²) in [5, 5.41) is 3.43. The van der Waals surface area contributed by atoms with E-state index in [9.17, 15) is 8.78 Å². The normalized spacial score (nSPS) is 26.8. The van der Waals surface area contributed by atoms with Crippen LogP contribution >= 0.6 is 0 Å². The molecule has 0 bridgehead atoms. The molecule has 106 valence electrons. The van der Waals surface area contributed by atoms with Crippen molar-refractivity contribution in [2.45, 2.75) is 44.9 Å². The molecule has 0 amide bonds. The lowest BCUT2D eigenvalue weighted by Gasteiger charge is -2.35. The summed E-state index contributed by atoms with van der Waals surface area (Å²) in [6.45, 7) is 6.03. The molecule has 2 rings (SSSR count). The second kappa shape index (κ2) is 6.00. The highest BCUT2D eigenvalue weighted by Gasteiger charge is 2.42. The molecule has 0 radical (unpaired) electrons. The first-order chi connectivity index (χ1) is 9.10. The van der Waals surface area contributed by atoms with Crippen molar-refractivity contribution < 1.29 is 8.78 Å². The zero-order valence-electron chi connectivity index (χ0n) is 11.8. The Morgan fingerprint density at radius 2 is 2.16 bits per heavy atom. The Labute approximate surface area is 114 Å². The van der Waals surface area contributed by atoms with Gasteiger partial charge in [0, 0.05) is 18.0 Å². The second-order valence-electron chi connectivity index (χ2n) is 5.75. The number of rotatable bonds is 5. The monoisotopic (exact) mass is 267 g/mol. The van der Waals surface area contributed by atoms with Crippen LogP contribution in [-0.2, 0) is 5.41 Å². The highest BCUT2D eigenvalue weighted by atomic mass is 19.1. The zero-order chi connectivity index (χ0) is 13.9. The number of hydrogen-bond donors (Lipinski definition) is 1. The minimum atomic E-state index is -0.497. The Balaban J connectivity index is 2.31. The summed E-state index contributed by atoms with van der Waals surface area (Å²) < 4.78 is 27.3. The maximum absolute atomic E-state index is 14.2. The number of nitrogens with one attached hydrogen (secondary N) is 1. The van der Waals surface area contributed by atoms with Gasteiger partial charge in [-0.15, -0.1) is 0 Å². The summed E-state index contributed by atoms with van der Waals surface area (Å²) in [5.41, 5.74) is 0.509. The van der Waals surface area contributed by atoms with Gasteiger partial charge in [0.15, 0.2) is 0 Å². The van der Waals surface area contributed by atoms with Gasteiger partial charge >= 0.3 is 0 Å². The molecule has 19 heavy (non-hydrogen) atoms. The molecule has 0 aliphatic heterocycles. The van der Waals surface area contributed by atoms with Crippen molar-refractivity contribution in [1.82, 2.24) is 5.32 Å². The van der Waals surface area contributed by atoms with E-state index >= 15 is 0 Å². The van der Waals surface area contributed by atoms with E-state index in [4.69, 9.17) is 0 Å². The Kier molecular flexibility index (Phi) is 4.56. The van der Waals surface area contributed by atoms with E-state index in [1.165, 1.54) is 6.07 Å². The van der Waals surface area contributed by atoms with Crippen LogP contribution in [0.4, 0.5) is 8.78 Å². The minimum Gasteiger partial charge on any atom is -0.316 e. The molecule has 1 fully saturated rings. The van der Waals surface area contributed by atoms with Gasteiger partial charge < -0.3 is 5.32 Å². The van der Waals surface area contributed by atoms with E-state index in [2.05, 4.69) is 19.2 Å². The van der Waals surface area contributed by atoms with Crippen LogP contribution in [0.1, 0.15) is 45.1 Å². The lowest BCUT2D eigenvalue weighted by atomic mass is 9.72. The van der Waals surface area contributed by atoms with Crippen LogP contribution in [0.3, 0.4) is 0 Å². The number of hydrogen-bond acceptors (Lipinski definition) is 1. The third kappa shape index (κ3) is 2.81. The summed E-state index contributed by atoms with van der Waals surface area (Å²) in [6.07, 6.45) is 4.28. The molecule has 0 saturated heterocycles. The van der Waals surface area contributed by atoms with Gasteiger partial charge in [-0.05, 0) is 43.4 Å². The molecule has 1 N–H and O–H groups in total. The molecule has 0 heterocycles. The Hall–Kier alpha value is -0.960. The first kappa shape index (κ1) is 14.4. The van der Waals surface area contributed by atoms with Crippen molar-refractivity contribution in [1.29, 1.82) is 0 Å². The van der Waals surface area contributed by atoms with E-state index in [-0.39, 0.29) is 5.41 Å². The fourth-order valence-electron chi connectivity index (χ4n) is 3.39. The Bertz CT molecular complexity index is 433. The lowest BCUT2D eigenvalue weighted by molar-refractivity contribution is 0.306. The van der Waals surface area contributed by atoms with Gasteiger partial charge in [-0.3, -0.25) is 0 Å². The van der Waals surface area contributed by atoms with E-state index in [0.717, 1.165) is 44.8 Å². The summed E-state index contributed by atoms with van der Waals surface area (Å²) >= 11 is 0. The average molecular weight is 267 g/mol. The van der Waals surface area contributed by atoms with Gasteiger partial charge in [0.05, 0.1) is 0 Å². The molecule has 2 unspecified atom stereocenters. The highest BCUT2D eigenvalue weighted by molar-refractivity contribution is 5.30. The molecule has 2 atom stereocenters. The molecule has 1 saturated carbocycles. The largest absolute Gasteiger partial charge is 0.316 e. The highest BCUT2D eigenvalue weighted by Crippen LogP contribution is 2.46. The summed E-state index contributed by atoms with van der Waals surface area (Å²) in [4.78, 5) is 0. The average Bonchev–Trinajstić information content (AvgIpc) is 2.72. The maximum Gasteiger partial charge on any atom is 0.129 e. The van der Waals surface area contributed by atoms with Crippen molar-refractivity contribution in [3.05, 3.63) is 35.4 Å². The van der Waals surface area contributed by atoms with Gasteiger partial charge in [-0.1, -0.05) is 26.3 Å². The zero-order valence-corrected chi connectivity index (χ0v) is 11.8. The SMILES string of the molecule is CCCNCC1(c2ccc(F)cc2F)CCCC1C. The molecule has 1 nitrogen and oxygen atoms in total. The standard InChI is InChI=1S/C16H23F2N/c1-3-9-19-11-16(8-4-5-12(16)2)14-7-6-13(17)10-15(14)18/h6-7,10,12,19H,3-5,8-9,11H2,1-2H3. The maximum atomic E-state index is 14.2. The predicted octanol–water partition coefficient (Wildman–Crippen LogP) is 4.02. The van der Waals surface area contributed by atoms with Gasteiger partial charge in [-0.2, -0.15) is 0 Å². The molecule has 1 aliphatic carbocycles. The molecule has 1 aliphatic rings. The molecule has 3 heteroatoms.